The van der Waals surface area contributed by atoms with Crippen molar-refractivity contribution in [3.63, 3.8) is 0 Å². The molecule has 0 aliphatic carbocycles. The lowest BCUT2D eigenvalue weighted by molar-refractivity contribution is 0.487. The minimum atomic E-state index is -3.96. The smallest absolute Gasteiger partial charge is 0.339 e. The van der Waals surface area contributed by atoms with Crippen LogP contribution in [0.4, 0.5) is 0 Å². The molecule has 0 bridgehead atoms. The average molecular weight is 406 g/mol. The first kappa shape index (κ1) is 16.9. The van der Waals surface area contributed by atoms with Gasteiger partial charge in [0.15, 0.2) is 5.75 Å². The van der Waals surface area contributed by atoms with E-state index < -0.39 is 10.1 Å². The van der Waals surface area contributed by atoms with Crippen molar-refractivity contribution in [1.29, 1.82) is 0 Å². The second-order valence-corrected chi connectivity index (χ2v) is 8.05. The molecule has 0 atom stereocenters. The fourth-order valence-corrected chi connectivity index (χ4v) is 4.20. The van der Waals surface area contributed by atoms with E-state index in [1.807, 2.05) is 38.1 Å². The third-order valence-corrected chi connectivity index (χ3v) is 5.98. The molecule has 0 fully saturated rings. The molecule has 1 aromatic heterocycles. The molecule has 24 heavy (non-hydrogen) atoms. The maximum atomic E-state index is 12.7. The molecule has 0 N–H and O–H groups in total. The highest BCUT2D eigenvalue weighted by Crippen LogP contribution is 2.30. The van der Waals surface area contributed by atoms with Crippen LogP contribution in [-0.4, -0.2) is 13.4 Å². The van der Waals surface area contributed by atoms with Gasteiger partial charge in [0.1, 0.15) is 10.4 Å². The van der Waals surface area contributed by atoms with Crippen molar-refractivity contribution < 1.29 is 12.6 Å². The first-order valence-corrected chi connectivity index (χ1v) is 9.56. The molecule has 0 spiro atoms. The highest BCUT2D eigenvalue weighted by atomic mass is 79.9. The number of hydrogen-bond acceptors (Lipinski definition) is 4. The van der Waals surface area contributed by atoms with Crippen molar-refractivity contribution >= 4 is 37.0 Å². The minimum Gasteiger partial charge on any atom is -0.377 e. The van der Waals surface area contributed by atoms with Crippen molar-refractivity contribution in [2.45, 2.75) is 25.7 Å². The number of fused-ring (bicyclic) bond motifs is 1. The van der Waals surface area contributed by atoms with Gasteiger partial charge in [-0.25, -0.2) is 4.98 Å². The van der Waals surface area contributed by atoms with E-state index in [4.69, 9.17) is 4.18 Å². The molecule has 3 aromatic rings. The van der Waals surface area contributed by atoms with Crippen molar-refractivity contribution in [1.82, 2.24) is 4.98 Å². The molecule has 0 amide bonds. The van der Waals surface area contributed by atoms with Gasteiger partial charge in [-0.15, -0.1) is 0 Å². The fourth-order valence-electron chi connectivity index (χ4n) is 2.52. The molecule has 2 aromatic carbocycles. The van der Waals surface area contributed by atoms with Crippen LogP contribution in [0, 0.1) is 20.8 Å². The molecule has 0 unspecified atom stereocenters. The largest absolute Gasteiger partial charge is 0.377 e. The van der Waals surface area contributed by atoms with Crippen LogP contribution >= 0.6 is 15.9 Å². The molecule has 3 rings (SSSR count). The van der Waals surface area contributed by atoms with E-state index in [1.54, 1.807) is 25.1 Å². The van der Waals surface area contributed by atoms with Gasteiger partial charge in [-0.1, -0.05) is 40.2 Å². The number of benzene rings is 2. The summed E-state index contributed by atoms with van der Waals surface area (Å²) in [7, 11) is -3.96. The lowest BCUT2D eigenvalue weighted by atomic mass is 10.2. The molecule has 0 aliphatic rings. The van der Waals surface area contributed by atoms with E-state index in [9.17, 15) is 8.42 Å². The number of aromatic nitrogens is 1. The molecule has 0 radical (unpaired) electrons. The summed E-state index contributed by atoms with van der Waals surface area (Å²) in [5, 5.41) is 0.829. The van der Waals surface area contributed by atoms with Crippen LogP contribution in [0.3, 0.4) is 0 Å². The number of pyridine rings is 1. The average Bonchev–Trinajstić information content (AvgIpc) is 2.51. The molecular weight excluding hydrogens is 390 g/mol. The third kappa shape index (κ3) is 3.16. The minimum absolute atomic E-state index is 0.143. The van der Waals surface area contributed by atoms with Crippen LogP contribution in [0.1, 0.15) is 16.8 Å². The maximum absolute atomic E-state index is 12.7. The second-order valence-electron chi connectivity index (χ2n) is 5.68. The lowest BCUT2D eigenvalue weighted by Crippen LogP contribution is -2.12. The molecule has 4 nitrogen and oxygen atoms in total. The highest BCUT2D eigenvalue weighted by molar-refractivity contribution is 9.10. The van der Waals surface area contributed by atoms with Crippen LogP contribution in [0.5, 0.6) is 5.75 Å². The Morgan fingerprint density at radius 2 is 1.75 bits per heavy atom. The Hall–Kier alpha value is -1.92. The molecular formula is C18H16BrNO3S. The van der Waals surface area contributed by atoms with E-state index in [0.29, 0.717) is 11.1 Å². The van der Waals surface area contributed by atoms with Crippen LogP contribution in [0.15, 0.2) is 51.8 Å². The molecule has 0 aliphatic heterocycles. The Labute approximate surface area is 149 Å². The Balaban J connectivity index is 2.11. The molecule has 124 valence electrons. The first-order chi connectivity index (χ1) is 11.3. The van der Waals surface area contributed by atoms with Crippen LogP contribution in [0.25, 0.3) is 10.9 Å². The predicted molar refractivity (Wildman–Crippen MR) is 97.9 cm³/mol. The number of para-hydroxylation sites is 1. The van der Waals surface area contributed by atoms with E-state index in [0.717, 1.165) is 21.1 Å². The Bertz CT molecular complexity index is 1050. The predicted octanol–water partition coefficient (Wildman–Crippen LogP) is 4.69. The first-order valence-electron chi connectivity index (χ1n) is 7.35. The van der Waals surface area contributed by atoms with Crippen molar-refractivity contribution in [3.8, 4) is 5.75 Å². The van der Waals surface area contributed by atoms with Gasteiger partial charge in [0.05, 0.1) is 0 Å². The van der Waals surface area contributed by atoms with Crippen LogP contribution < -0.4 is 4.18 Å². The Kier molecular flexibility index (Phi) is 4.36. The van der Waals surface area contributed by atoms with Crippen molar-refractivity contribution in [3.05, 3.63) is 63.8 Å². The zero-order valence-corrected chi connectivity index (χ0v) is 15.9. The van der Waals surface area contributed by atoms with E-state index in [2.05, 4.69) is 20.9 Å². The van der Waals surface area contributed by atoms with E-state index >= 15 is 0 Å². The molecule has 0 saturated carbocycles. The van der Waals surface area contributed by atoms with Gasteiger partial charge in [-0.05, 0) is 50.1 Å². The lowest BCUT2D eigenvalue weighted by Gasteiger charge is -2.12. The summed E-state index contributed by atoms with van der Waals surface area (Å²) in [6.45, 7) is 5.51. The van der Waals surface area contributed by atoms with Crippen LogP contribution in [0.2, 0.25) is 0 Å². The maximum Gasteiger partial charge on any atom is 0.339 e. The summed E-state index contributed by atoms with van der Waals surface area (Å²) >= 11 is 3.38. The van der Waals surface area contributed by atoms with Crippen molar-refractivity contribution in [2.24, 2.45) is 0 Å². The molecule has 0 saturated heterocycles. The van der Waals surface area contributed by atoms with Gasteiger partial charge >= 0.3 is 10.1 Å². The number of hydrogen-bond donors (Lipinski definition) is 0. The van der Waals surface area contributed by atoms with Gasteiger partial charge in [0.2, 0.25) is 0 Å². The van der Waals surface area contributed by atoms with E-state index in [1.165, 1.54) is 0 Å². The standard InChI is InChI=1S/C18H16BrNO3S/c1-11-9-12(2)17(10-15(11)19)24(21,22)23-16-6-4-5-14-8-7-13(3)20-18(14)16/h4-10H,1-3H3. The Morgan fingerprint density at radius 1 is 1.00 bits per heavy atom. The quantitative estimate of drug-likeness (QED) is 0.593. The summed E-state index contributed by atoms with van der Waals surface area (Å²) in [4.78, 5) is 4.55. The summed E-state index contributed by atoms with van der Waals surface area (Å²) in [6.07, 6.45) is 0. The van der Waals surface area contributed by atoms with Crippen LogP contribution in [-0.2, 0) is 10.1 Å². The van der Waals surface area contributed by atoms with Gasteiger partial charge in [-0.2, -0.15) is 8.42 Å². The van der Waals surface area contributed by atoms with E-state index in [-0.39, 0.29) is 10.6 Å². The van der Waals surface area contributed by atoms with Gasteiger partial charge in [0, 0.05) is 15.6 Å². The van der Waals surface area contributed by atoms with Gasteiger partial charge < -0.3 is 4.18 Å². The summed E-state index contributed by atoms with van der Waals surface area (Å²) in [6, 6.07) is 12.4. The number of nitrogens with zero attached hydrogens (tertiary/aromatic N) is 1. The molecule has 1 heterocycles. The number of aryl methyl sites for hydroxylation is 3. The zero-order valence-electron chi connectivity index (χ0n) is 13.5. The van der Waals surface area contributed by atoms with Gasteiger partial charge in [0.25, 0.3) is 0 Å². The number of halogens is 1. The summed E-state index contributed by atoms with van der Waals surface area (Å²) in [5.74, 6) is 0.229. The Morgan fingerprint density at radius 3 is 2.50 bits per heavy atom. The molecule has 6 heteroatoms. The number of rotatable bonds is 3. The fraction of sp³-hybridized carbons (Fsp3) is 0.167. The highest BCUT2D eigenvalue weighted by Gasteiger charge is 2.22. The zero-order chi connectivity index (χ0) is 17.5. The third-order valence-electron chi connectivity index (χ3n) is 3.75. The van der Waals surface area contributed by atoms with Crippen molar-refractivity contribution in [2.75, 3.05) is 0 Å². The SMILES string of the molecule is Cc1ccc2cccc(OS(=O)(=O)c3cc(Br)c(C)cc3C)c2n1. The normalized spacial score (nSPS) is 11.7. The summed E-state index contributed by atoms with van der Waals surface area (Å²) in [5.41, 5.74) is 2.93. The van der Waals surface area contributed by atoms with Gasteiger partial charge in [-0.3, -0.25) is 0 Å². The topological polar surface area (TPSA) is 56.3 Å². The second kappa shape index (κ2) is 6.18. The monoisotopic (exact) mass is 405 g/mol. The summed E-state index contributed by atoms with van der Waals surface area (Å²) < 4.78 is 31.6.